The fourth-order valence-electron chi connectivity index (χ4n) is 4.75. The van der Waals surface area contributed by atoms with Crippen LogP contribution in [0.3, 0.4) is 0 Å². The van der Waals surface area contributed by atoms with Crippen LogP contribution in [0.4, 0.5) is 0 Å². The number of nitrogens with two attached hydrogens (primary N) is 1. The highest BCUT2D eigenvalue weighted by Crippen LogP contribution is 2.53. The van der Waals surface area contributed by atoms with E-state index in [1.165, 1.54) is 0 Å². The third kappa shape index (κ3) is 4.64. The van der Waals surface area contributed by atoms with Crippen LogP contribution in [0, 0.1) is 17.3 Å². The number of hydrogen-bond donors (Lipinski definition) is 1. The number of rotatable bonds is 13. The first-order valence-corrected chi connectivity index (χ1v) is 11.1. The second-order valence-electron chi connectivity index (χ2n) is 9.50. The molecular weight excluding hydrogens is 322 g/mol. The van der Waals surface area contributed by atoms with Crippen LogP contribution in [0.2, 0.25) is 0 Å². The van der Waals surface area contributed by atoms with Crippen LogP contribution >= 0.6 is 0 Å². The van der Waals surface area contributed by atoms with Crippen molar-refractivity contribution in [2.45, 2.75) is 118 Å². The molecule has 1 fully saturated rings. The summed E-state index contributed by atoms with van der Waals surface area (Å²) in [5.41, 5.74) is 6.49. The Morgan fingerprint density at radius 2 is 1.46 bits per heavy atom. The van der Waals surface area contributed by atoms with E-state index < -0.39 is 0 Å². The van der Waals surface area contributed by atoms with E-state index in [2.05, 4.69) is 62.3 Å². The maximum absolute atomic E-state index is 6.75. The summed E-state index contributed by atoms with van der Waals surface area (Å²) >= 11 is 0. The lowest BCUT2D eigenvalue weighted by atomic mass is 9.66. The minimum Gasteiger partial charge on any atom is -0.376 e. The summed E-state index contributed by atoms with van der Waals surface area (Å²) in [5.74, 6) is 1.07. The van der Waals surface area contributed by atoms with Gasteiger partial charge in [0.2, 0.25) is 0 Å². The molecule has 0 heterocycles. The minimum atomic E-state index is -0.0988. The van der Waals surface area contributed by atoms with Crippen molar-refractivity contribution in [3.8, 4) is 0 Å². The van der Waals surface area contributed by atoms with E-state index in [0.29, 0.717) is 11.8 Å². The Morgan fingerprint density at radius 1 is 0.885 bits per heavy atom. The molecule has 26 heavy (non-hydrogen) atoms. The van der Waals surface area contributed by atoms with E-state index in [9.17, 15) is 0 Å². The molecule has 3 nitrogen and oxygen atoms in total. The van der Waals surface area contributed by atoms with Crippen LogP contribution in [0.15, 0.2) is 0 Å². The van der Waals surface area contributed by atoms with E-state index in [0.717, 1.165) is 51.7 Å². The SMILES string of the molecule is CCC(C)(C)OCCC(C)(CC)C(CC)(CC)OCC1C(C)C1(N)CC. The van der Waals surface area contributed by atoms with Crippen molar-refractivity contribution in [3.05, 3.63) is 0 Å². The second-order valence-corrected chi connectivity index (χ2v) is 9.50. The Labute approximate surface area is 163 Å². The molecule has 2 N–H and O–H groups in total. The van der Waals surface area contributed by atoms with E-state index in [-0.39, 0.29) is 22.2 Å². The Morgan fingerprint density at radius 3 is 1.85 bits per heavy atom. The van der Waals surface area contributed by atoms with E-state index in [1.54, 1.807) is 0 Å². The fourth-order valence-corrected chi connectivity index (χ4v) is 4.75. The van der Waals surface area contributed by atoms with Gasteiger partial charge in [0.15, 0.2) is 0 Å². The Balaban J connectivity index is 2.82. The van der Waals surface area contributed by atoms with Crippen LogP contribution in [0.25, 0.3) is 0 Å². The van der Waals surface area contributed by atoms with Gasteiger partial charge >= 0.3 is 0 Å². The van der Waals surface area contributed by atoms with Crippen molar-refractivity contribution < 1.29 is 9.47 Å². The Kier molecular flexibility index (Phi) is 8.21. The molecule has 0 aromatic heterocycles. The highest BCUT2D eigenvalue weighted by Gasteiger charge is 2.58. The standard InChI is InChI=1S/C23H47NO2/c1-10-20(7,8)25-16-15-21(9,11-2)22(12-3,13-4)26-17-19-18(6)23(19,24)14-5/h18-19H,10-17,24H2,1-9H3. The van der Waals surface area contributed by atoms with Crippen LogP contribution in [0.1, 0.15) is 101 Å². The van der Waals surface area contributed by atoms with Gasteiger partial charge in [-0.3, -0.25) is 0 Å². The smallest absolute Gasteiger partial charge is 0.0731 e. The maximum Gasteiger partial charge on any atom is 0.0731 e. The fraction of sp³-hybridized carbons (Fsp3) is 1.00. The van der Waals surface area contributed by atoms with Gasteiger partial charge in [0.1, 0.15) is 0 Å². The molecule has 0 saturated heterocycles. The second kappa shape index (κ2) is 8.92. The van der Waals surface area contributed by atoms with Gasteiger partial charge in [-0.15, -0.1) is 0 Å². The van der Waals surface area contributed by atoms with Gasteiger partial charge in [0.25, 0.3) is 0 Å². The summed E-state index contributed by atoms with van der Waals surface area (Å²) in [4.78, 5) is 0. The number of ether oxygens (including phenoxy) is 2. The van der Waals surface area contributed by atoms with E-state index >= 15 is 0 Å². The molecule has 1 aliphatic rings. The monoisotopic (exact) mass is 369 g/mol. The van der Waals surface area contributed by atoms with Crippen LogP contribution in [-0.4, -0.2) is 30.0 Å². The zero-order valence-electron chi connectivity index (χ0n) is 19.2. The molecule has 4 unspecified atom stereocenters. The summed E-state index contributed by atoms with van der Waals surface area (Å²) in [6, 6.07) is 0. The zero-order valence-corrected chi connectivity index (χ0v) is 19.2. The van der Waals surface area contributed by atoms with E-state index in [4.69, 9.17) is 15.2 Å². The van der Waals surface area contributed by atoms with Gasteiger partial charge in [-0.25, -0.2) is 0 Å². The Hall–Kier alpha value is -0.120. The Bertz CT molecular complexity index is 432. The summed E-state index contributed by atoms with van der Waals surface area (Å²) in [7, 11) is 0. The lowest BCUT2D eigenvalue weighted by Crippen LogP contribution is -2.49. The van der Waals surface area contributed by atoms with Crippen LogP contribution in [-0.2, 0) is 9.47 Å². The molecule has 0 aromatic rings. The lowest BCUT2D eigenvalue weighted by molar-refractivity contribution is -0.155. The predicted molar refractivity (Wildman–Crippen MR) is 112 cm³/mol. The molecule has 0 bridgehead atoms. The lowest BCUT2D eigenvalue weighted by Gasteiger charge is -2.48. The van der Waals surface area contributed by atoms with Crippen molar-refractivity contribution in [1.29, 1.82) is 0 Å². The first kappa shape index (κ1) is 23.9. The van der Waals surface area contributed by atoms with Crippen molar-refractivity contribution in [2.75, 3.05) is 13.2 Å². The molecule has 0 radical (unpaired) electrons. The first-order valence-electron chi connectivity index (χ1n) is 11.1. The first-order chi connectivity index (χ1) is 12.0. The molecule has 1 saturated carbocycles. The largest absolute Gasteiger partial charge is 0.376 e. The summed E-state index contributed by atoms with van der Waals surface area (Å²) < 4.78 is 12.9. The molecule has 1 rings (SSSR count). The summed E-state index contributed by atoms with van der Waals surface area (Å²) in [5, 5.41) is 0. The van der Waals surface area contributed by atoms with Gasteiger partial charge in [0.05, 0.1) is 17.8 Å². The molecule has 4 atom stereocenters. The highest BCUT2D eigenvalue weighted by atomic mass is 16.5. The van der Waals surface area contributed by atoms with Gasteiger partial charge in [0, 0.05) is 18.1 Å². The minimum absolute atomic E-state index is 0.00982. The van der Waals surface area contributed by atoms with E-state index in [1.807, 2.05) is 0 Å². The van der Waals surface area contributed by atoms with Gasteiger partial charge < -0.3 is 15.2 Å². The van der Waals surface area contributed by atoms with Gasteiger partial charge in [-0.1, -0.05) is 48.5 Å². The average Bonchev–Trinajstić information content (AvgIpc) is 3.16. The molecule has 0 aromatic carbocycles. The zero-order chi connectivity index (χ0) is 20.2. The molecule has 0 amide bonds. The van der Waals surface area contributed by atoms with Crippen molar-refractivity contribution >= 4 is 0 Å². The normalized spacial score (nSPS) is 28.8. The number of hydrogen-bond acceptors (Lipinski definition) is 3. The molecule has 0 aliphatic heterocycles. The van der Waals surface area contributed by atoms with Crippen LogP contribution < -0.4 is 5.73 Å². The molecule has 0 spiro atoms. The van der Waals surface area contributed by atoms with Gasteiger partial charge in [-0.2, -0.15) is 0 Å². The molecular formula is C23H47NO2. The molecule has 156 valence electrons. The third-order valence-electron chi connectivity index (χ3n) is 8.20. The molecule has 1 aliphatic carbocycles. The van der Waals surface area contributed by atoms with Gasteiger partial charge in [-0.05, 0) is 63.7 Å². The molecule has 3 heteroatoms. The van der Waals surface area contributed by atoms with Crippen molar-refractivity contribution in [2.24, 2.45) is 23.0 Å². The van der Waals surface area contributed by atoms with Crippen molar-refractivity contribution in [3.63, 3.8) is 0 Å². The summed E-state index contributed by atoms with van der Waals surface area (Å²) in [6.45, 7) is 21.9. The van der Waals surface area contributed by atoms with Crippen LogP contribution in [0.5, 0.6) is 0 Å². The maximum atomic E-state index is 6.75. The summed E-state index contributed by atoms with van der Waals surface area (Å²) in [6.07, 6.45) is 6.29. The quantitative estimate of drug-likeness (QED) is 0.436. The van der Waals surface area contributed by atoms with Crippen molar-refractivity contribution in [1.82, 2.24) is 0 Å². The average molecular weight is 370 g/mol. The topological polar surface area (TPSA) is 44.5 Å². The predicted octanol–water partition coefficient (Wildman–Crippen LogP) is 5.95. The third-order valence-corrected chi connectivity index (χ3v) is 8.20. The highest BCUT2D eigenvalue weighted by molar-refractivity contribution is 5.13.